The summed E-state index contributed by atoms with van der Waals surface area (Å²) in [6.07, 6.45) is 6.13. The molecule has 4 heteroatoms. The molecule has 0 radical (unpaired) electrons. The van der Waals surface area contributed by atoms with Crippen LogP contribution in [0.25, 0.3) is 0 Å². The van der Waals surface area contributed by atoms with Gasteiger partial charge in [-0.3, -0.25) is 9.97 Å². The predicted octanol–water partition coefficient (Wildman–Crippen LogP) is -0.0572. The van der Waals surface area contributed by atoms with Crippen LogP contribution in [0.5, 0.6) is 0 Å². The summed E-state index contributed by atoms with van der Waals surface area (Å²) in [5.74, 6) is 0. The normalized spacial score (nSPS) is 8.58. The van der Waals surface area contributed by atoms with Crippen molar-refractivity contribution in [1.29, 1.82) is 0 Å². The molecule has 12 heavy (non-hydrogen) atoms. The first-order valence-electron chi connectivity index (χ1n) is 4.00. The number of hydrogen-bond acceptors (Lipinski definition) is 4. The van der Waals surface area contributed by atoms with E-state index in [0.717, 1.165) is 12.1 Å². The minimum absolute atomic E-state index is 0.597. The number of aryl methyl sites for hydroxylation is 1. The summed E-state index contributed by atoms with van der Waals surface area (Å²) in [6, 6.07) is 0. The first-order valence-corrected chi connectivity index (χ1v) is 4.00. The first kappa shape index (κ1) is 11.0. The summed E-state index contributed by atoms with van der Waals surface area (Å²) >= 11 is 0. The monoisotopic (exact) mass is 168 g/mol. The van der Waals surface area contributed by atoms with E-state index in [1.54, 1.807) is 18.6 Å². The molecule has 0 unspecified atom stereocenters. The maximum atomic E-state index is 4.90. The van der Waals surface area contributed by atoms with Crippen molar-refractivity contribution >= 4 is 0 Å². The van der Waals surface area contributed by atoms with Gasteiger partial charge < -0.3 is 11.5 Å². The van der Waals surface area contributed by atoms with Crippen LogP contribution in [0.3, 0.4) is 0 Å². The highest BCUT2D eigenvalue weighted by Gasteiger charge is 1.82. The van der Waals surface area contributed by atoms with E-state index in [0.29, 0.717) is 13.1 Å². The molecule has 1 aromatic heterocycles. The van der Waals surface area contributed by atoms with Crippen LogP contribution in [-0.2, 0) is 6.42 Å². The lowest BCUT2D eigenvalue weighted by Crippen LogP contribution is -2.11. The van der Waals surface area contributed by atoms with Crippen molar-refractivity contribution in [3.05, 3.63) is 24.3 Å². The molecule has 1 heterocycles. The van der Waals surface area contributed by atoms with Gasteiger partial charge in [0.05, 0.1) is 5.69 Å². The van der Waals surface area contributed by atoms with E-state index in [1.807, 2.05) is 0 Å². The van der Waals surface area contributed by atoms with Gasteiger partial charge in [-0.15, -0.1) is 0 Å². The van der Waals surface area contributed by atoms with Crippen LogP contribution in [0.15, 0.2) is 18.6 Å². The zero-order valence-electron chi connectivity index (χ0n) is 7.40. The third-order valence-electron chi connectivity index (χ3n) is 1.15. The molecule has 0 saturated carbocycles. The first-order chi connectivity index (χ1) is 5.85. The highest BCUT2D eigenvalue weighted by atomic mass is 14.8. The molecule has 4 N–H and O–H groups in total. The van der Waals surface area contributed by atoms with Crippen molar-refractivity contribution in [1.82, 2.24) is 9.97 Å². The predicted molar refractivity (Wildman–Crippen MR) is 49.5 cm³/mol. The smallest absolute Gasteiger partial charge is 0.0583 e. The van der Waals surface area contributed by atoms with Crippen LogP contribution >= 0.6 is 0 Å². The molecule has 0 aliphatic rings. The number of hydrogen-bond donors (Lipinski definition) is 2. The lowest BCUT2D eigenvalue weighted by molar-refractivity contribution is 0.976. The summed E-state index contributed by atoms with van der Waals surface area (Å²) in [5.41, 5.74) is 10.9. The molecule has 0 aliphatic heterocycles. The molecule has 0 bridgehead atoms. The Bertz CT molecular complexity index is 174. The zero-order valence-corrected chi connectivity index (χ0v) is 7.40. The number of aromatic nitrogens is 2. The summed E-state index contributed by atoms with van der Waals surface area (Å²) < 4.78 is 0. The van der Waals surface area contributed by atoms with E-state index in [-0.39, 0.29) is 0 Å². The van der Waals surface area contributed by atoms with E-state index in [9.17, 15) is 0 Å². The molecule has 0 aromatic carbocycles. The minimum atomic E-state index is 0.597. The van der Waals surface area contributed by atoms with Crippen LogP contribution < -0.4 is 11.5 Å². The van der Waals surface area contributed by atoms with E-state index < -0.39 is 0 Å². The molecule has 0 amide bonds. The average molecular weight is 168 g/mol. The van der Waals surface area contributed by atoms with Crippen LogP contribution in [0.4, 0.5) is 0 Å². The van der Waals surface area contributed by atoms with Gasteiger partial charge in [-0.05, 0) is 6.42 Å². The molecule has 4 nitrogen and oxygen atoms in total. The van der Waals surface area contributed by atoms with Gasteiger partial charge in [0.25, 0.3) is 0 Å². The van der Waals surface area contributed by atoms with Gasteiger partial charge in [0.1, 0.15) is 0 Å². The molecular weight excluding hydrogens is 152 g/mol. The fraction of sp³-hybridized carbons (Fsp3) is 0.500. The Balaban J connectivity index is 0.000000261. The molecule has 0 fully saturated rings. The third-order valence-corrected chi connectivity index (χ3v) is 1.15. The number of nitrogens with two attached hydrogens (primary N) is 2. The van der Waals surface area contributed by atoms with Gasteiger partial charge in [-0.1, -0.05) is 6.92 Å². The molecule has 0 spiro atoms. The van der Waals surface area contributed by atoms with Crippen molar-refractivity contribution in [3.8, 4) is 0 Å². The lowest BCUT2D eigenvalue weighted by atomic mass is 10.4. The second-order valence-electron chi connectivity index (χ2n) is 2.13. The third kappa shape index (κ3) is 5.76. The van der Waals surface area contributed by atoms with Gasteiger partial charge in [-0.2, -0.15) is 0 Å². The van der Waals surface area contributed by atoms with E-state index >= 15 is 0 Å². The van der Waals surface area contributed by atoms with Gasteiger partial charge in [0, 0.05) is 31.7 Å². The highest BCUT2D eigenvalue weighted by molar-refractivity contribution is 4.92. The largest absolute Gasteiger partial charge is 0.329 e. The maximum Gasteiger partial charge on any atom is 0.0583 e. The lowest BCUT2D eigenvalue weighted by Gasteiger charge is -1.88. The van der Waals surface area contributed by atoms with Crippen LogP contribution in [-0.4, -0.2) is 23.1 Å². The second-order valence-corrected chi connectivity index (χ2v) is 2.13. The SMILES string of the molecule is CCc1cnccn1.NCCN. The minimum Gasteiger partial charge on any atom is -0.329 e. The van der Waals surface area contributed by atoms with E-state index in [1.165, 1.54) is 0 Å². The topological polar surface area (TPSA) is 77.8 Å². The van der Waals surface area contributed by atoms with Gasteiger partial charge in [0.2, 0.25) is 0 Å². The quantitative estimate of drug-likeness (QED) is 0.648. The molecule has 1 aromatic rings. The van der Waals surface area contributed by atoms with Crippen LogP contribution in [0, 0.1) is 0 Å². The molecule has 68 valence electrons. The maximum absolute atomic E-state index is 4.90. The molecule has 0 saturated heterocycles. The fourth-order valence-corrected chi connectivity index (χ4v) is 0.513. The Morgan fingerprint density at radius 2 is 1.92 bits per heavy atom. The van der Waals surface area contributed by atoms with Crippen LogP contribution in [0.2, 0.25) is 0 Å². The summed E-state index contributed by atoms with van der Waals surface area (Å²) in [7, 11) is 0. The summed E-state index contributed by atoms with van der Waals surface area (Å²) in [5, 5.41) is 0. The fourth-order valence-electron chi connectivity index (χ4n) is 0.513. The van der Waals surface area contributed by atoms with Crippen molar-refractivity contribution in [3.63, 3.8) is 0 Å². The van der Waals surface area contributed by atoms with Gasteiger partial charge in [-0.25, -0.2) is 0 Å². The van der Waals surface area contributed by atoms with Crippen LogP contribution in [0.1, 0.15) is 12.6 Å². The molecule has 0 aliphatic carbocycles. The standard InChI is InChI=1S/C6H8N2.C2H8N2/c1-2-6-5-7-3-4-8-6;3-1-2-4/h3-5H,2H2,1H3;1-4H2. The average Bonchev–Trinajstić information content (AvgIpc) is 2.19. The molecule has 0 atom stereocenters. The molecular formula is C8H16N4. The Morgan fingerprint density at radius 1 is 1.25 bits per heavy atom. The van der Waals surface area contributed by atoms with Crippen molar-refractivity contribution in [2.75, 3.05) is 13.1 Å². The van der Waals surface area contributed by atoms with Gasteiger partial charge in [0.15, 0.2) is 0 Å². The number of nitrogens with zero attached hydrogens (tertiary/aromatic N) is 2. The van der Waals surface area contributed by atoms with Crippen molar-refractivity contribution in [2.45, 2.75) is 13.3 Å². The zero-order chi connectivity index (χ0) is 9.23. The van der Waals surface area contributed by atoms with Crippen molar-refractivity contribution in [2.24, 2.45) is 11.5 Å². The summed E-state index contributed by atoms with van der Waals surface area (Å²) in [6.45, 7) is 3.25. The van der Waals surface area contributed by atoms with Crippen molar-refractivity contribution < 1.29 is 0 Å². The second kappa shape index (κ2) is 8.10. The Labute approximate surface area is 73.0 Å². The Kier molecular flexibility index (Phi) is 7.42. The highest BCUT2D eigenvalue weighted by Crippen LogP contribution is 1.87. The Hall–Kier alpha value is -1.00. The van der Waals surface area contributed by atoms with E-state index in [2.05, 4.69) is 16.9 Å². The van der Waals surface area contributed by atoms with Gasteiger partial charge >= 0.3 is 0 Å². The van der Waals surface area contributed by atoms with E-state index in [4.69, 9.17) is 11.5 Å². The summed E-state index contributed by atoms with van der Waals surface area (Å²) in [4.78, 5) is 7.93. The Morgan fingerprint density at radius 3 is 2.17 bits per heavy atom. The number of rotatable bonds is 2. The molecule has 1 rings (SSSR count).